The molecule has 2 heteroatoms. The van der Waals surface area contributed by atoms with Crippen LogP contribution in [0.5, 0.6) is 0 Å². The summed E-state index contributed by atoms with van der Waals surface area (Å²) in [7, 11) is 4.07. The Morgan fingerprint density at radius 2 is 1.68 bits per heavy atom. The van der Waals surface area contributed by atoms with Crippen molar-refractivity contribution >= 4 is 17.3 Å². The second kappa shape index (κ2) is 5.94. The van der Waals surface area contributed by atoms with Gasteiger partial charge < -0.3 is 4.90 Å². The van der Waals surface area contributed by atoms with Gasteiger partial charge in [-0.1, -0.05) is 48.0 Å². The summed E-state index contributed by atoms with van der Waals surface area (Å²) in [6.07, 6.45) is 1.94. The number of nitrogens with zero attached hydrogens (tertiary/aromatic N) is 1. The second-order valence-corrected chi connectivity index (χ2v) is 5.13. The summed E-state index contributed by atoms with van der Waals surface area (Å²) in [5.41, 5.74) is 3.48. The maximum absolute atomic E-state index is 6.27. The lowest BCUT2D eigenvalue weighted by atomic mass is 9.91. The molecule has 0 saturated heterocycles. The summed E-state index contributed by atoms with van der Waals surface area (Å²) in [5.74, 6) is 0.130. The zero-order chi connectivity index (χ0) is 13.8. The molecular formula is C17H18ClN. The molecule has 0 N–H and O–H groups in total. The first-order valence-electron chi connectivity index (χ1n) is 6.27. The minimum Gasteiger partial charge on any atom is -0.378 e. The molecule has 0 aliphatic carbocycles. The predicted molar refractivity (Wildman–Crippen MR) is 84.3 cm³/mol. The highest BCUT2D eigenvalue weighted by molar-refractivity contribution is 6.31. The van der Waals surface area contributed by atoms with Crippen molar-refractivity contribution in [2.45, 2.75) is 5.92 Å². The van der Waals surface area contributed by atoms with Crippen molar-refractivity contribution < 1.29 is 0 Å². The van der Waals surface area contributed by atoms with Gasteiger partial charge in [0.2, 0.25) is 0 Å². The molecule has 2 rings (SSSR count). The van der Waals surface area contributed by atoms with Crippen molar-refractivity contribution in [3.8, 4) is 0 Å². The molecule has 98 valence electrons. The molecule has 0 spiro atoms. The fourth-order valence-corrected chi connectivity index (χ4v) is 2.40. The topological polar surface area (TPSA) is 3.24 Å². The van der Waals surface area contributed by atoms with Crippen LogP contribution < -0.4 is 4.90 Å². The third kappa shape index (κ3) is 2.99. The fraction of sp³-hybridized carbons (Fsp3) is 0.176. The molecule has 19 heavy (non-hydrogen) atoms. The van der Waals surface area contributed by atoms with Gasteiger partial charge in [-0.2, -0.15) is 0 Å². The summed E-state index contributed by atoms with van der Waals surface area (Å²) >= 11 is 6.27. The van der Waals surface area contributed by atoms with Gasteiger partial charge in [0.25, 0.3) is 0 Å². The molecule has 0 aromatic heterocycles. The first-order chi connectivity index (χ1) is 9.13. The van der Waals surface area contributed by atoms with Gasteiger partial charge in [-0.25, -0.2) is 0 Å². The minimum absolute atomic E-state index is 0.130. The Labute approximate surface area is 120 Å². The van der Waals surface area contributed by atoms with Crippen LogP contribution in [0, 0.1) is 0 Å². The number of allylic oxidation sites excluding steroid dienone is 1. The molecule has 0 aliphatic rings. The van der Waals surface area contributed by atoms with Crippen LogP contribution >= 0.6 is 11.6 Å². The Hall–Kier alpha value is -1.73. The van der Waals surface area contributed by atoms with Crippen molar-refractivity contribution in [3.63, 3.8) is 0 Å². The number of anilines is 1. The SMILES string of the molecule is C=C[C@H](c1ccc(N(C)C)cc1)c1ccccc1Cl. The highest BCUT2D eigenvalue weighted by Crippen LogP contribution is 2.31. The molecule has 0 bridgehead atoms. The zero-order valence-corrected chi connectivity index (χ0v) is 12.1. The average Bonchev–Trinajstić information content (AvgIpc) is 2.42. The van der Waals surface area contributed by atoms with E-state index in [-0.39, 0.29) is 5.92 Å². The zero-order valence-electron chi connectivity index (χ0n) is 11.3. The highest BCUT2D eigenvalue weighted by Gasteiger charge is 2.13. The standard InChI is InChI=1S/C17H18ClN/c1-4-15(16-7-5-6-8-17(16)18)13-9-11-14(12-10-13)19(2)3/h4-12,15H,1H2,2-3H3/t15-/m1/s1. The molecule has 0 unspecified atom stereocenters. The molecule has 0 fully saturated rings. The summed E-state index contributed by atoms with van der Waals surface area (Å²) < 4.78 is 0. The summed E-state index contributed by atoms with van der Waals surface area (Å²) in [6.45, 7) is 3.94. The van der Waals surface area contributed by atoms with E-state index in [0.29, 0.717) is 0 Å². The molecular weight excluding hydrogens is 254 g/mol. The van der Waals surface area contributed by atoms with Gasteiger partial charge in [-0.3, -0.25) is 0 Å². The molecule has 0 radical (unpaired) electrons. The number of halogens is 1. The van der Waals surface area contributed by atoms with Crippen LogP contribution in [0.1, 0.15) is 17.0 Å². The smallest absolute Gasteiger partial charge is 0.0447 e. The quantitative estimate of drug-likeness (QED) is 0.727. The highest BCUT2D eigenvalue weighted by atomic mass is 35.5. The van der Waals surface area contributed by atoms with Crippen molar-refractivity contribution in [1.29, 1.82) is 0 Å². The van der Waals surface area contributed by atoms with Gasteiger partial charge in [0.05, 0.1) is 0 Å². The Balaban J connectivity index is 2.37. The molecule has 2 aromatic rings. The fourth-order valence-electron chi connectivity index (χ4n) is 2.15. The summed E-state index contributed by atoms with van der Waals surface area (Å²) in [5, 5.41) is 0.782. The second-order valence-electron chi connectivity index (χ2n) is 4.72. The summed E-state index contributed by atoms with van der Waals surface area (Å²) in [6, 6.07) is 16.4. The molecule has 0 amide bonds. The van der Waals surface area contributed by atoms with Crippen LogP contribution in [0.15, 0.2) is 61.2 Å². The molecule has 0 aliphatic heterocycles. The van der Waals surface area contributed by atoms with E-state index in [1.807, 2.05) is 38.4 Å². The van der Waals surface area contributed by atoms with Gasteiger partial charge in [-0.05, 0) is 29.3 Å². The number of hydrogen-bond donors (Lipinski definition) is 0. The molecule has 2 aromatic carbocycles. The van der Waals surface area contributed by atoms with Crippen LogP contribution in [0.25, 0.3) is 0 Å². The first-order valence-corrected chi connectivity index (χ1v) is 6.65. The minimum atomic E-state index is 0.130. The van der Waals surface area contributed by atoms with E-state index in [1.54, 1.807) is 0 Å². The van der Waals surface area contributed by atoms with Crippen LogP contribution in [0.3, 0.4) is 0 Å². The van der Waals surface area contributed by atoms with E-state index in [9.17, 15) is 0 Å². The van der Waals surface area contributed by atoms with E-state index in [4.69, 9.17) is 11.6 Å². The largest absolute Gasteiger partial charge is 0.378 e. The van der Waals surface area contributed by atoms with E-state index in [0.717, 1.165) is 10.6 Å². The maximum atomic E-state index is 6.27. The molecule has 1 atom stereocenters. The van der Waals surface area contributed by atoms with Crippen LogP contribution in [0.2, 0.25) is 5.02 Å². The van der Waals surface area contributed by atoms with E-state index in [1.165, 1.54) is 11.3 Å². The Morgan fingerprint density at radius 3 is 2.21 bits per heavy atom. The maximum Gasteiger partial charge on any atom is 0.0447 e. The van der Waals surface area contributed by atoms with Gasteiger partial charge in [0, 0.05) is 30.7 Å². The monoisotopic (exact) mass is 271 g/mol. The van der Waals surface area contributed by atoms with E-state index >= 15 is 0 Å². The first kappa shape index (κ1) is 13.7. The normalized spacial score (nSPS) is 11.9. The lowest BCUT2D eigenvalue weighted by molar-refractivity contribution is 1.03. The molecule has 0 heterocycles. The number of hydrogen-bond acceptors (Lipinski definition) is 1. The van der Waals surface area contributed by atoms with Gasteiger partial charge >= 0.3 is 0 Å². The third-order valence-corrected chi connectivity index (χ3v) is 3.59. The lowest BCUT2D eigenvalue weighted by Gasteiger charge is -2.17. The van der Waals surface area contributed by atoms with Crippen molar-refractivity contribution in [1.82, 2.24) is 0 Å². The molecule has 0 saturated carbocycles. The van der Waals surface area contributed by atoms with E-state index < -0.39 is 0 Å². The predicted octanol–water partition coefficient (Wildman–Crippen LogP) is 4.72. The van der Waals surface area contributed by atoms with Gasteiger partial charge in [0.15, 0.2) is 0 Å². The Bertz CT molecular complexity index is 558. The van der Waals surface area contributed by atoms with E-state index in [2.05, 4.69) is 41.8 Å². The van der Waals surface area contributed by atoms with Crippen molar-refractivity contribution in [2.24, 2.45) is 0 Å². The van der Waals surface area contributed by atoms with Gasteiger partial charge in [-0.15, -0.1) is 6.58 Å². The van der Waals surface area contributed by atoms with Crippen molar-refractivity contribution in [2.75, 3.05) is 19.0 Å². The van der Waals surface area contributed by atoms with Crippen LogP contribution in [-0.2, 0) is 0 Å². The number of benzene rings is 2. The number of rotatable bonds is 4. The average molecular weight is 272 g/mol. The van der Waals surface area contributed by atoms with Crippen LogP contribution in [-0.4, -0.2) is 14.1 Å². The molecule has 1 nitrogen and oxygen atoms in total. The Morgan fingerprint density at radius 1 is 1.05 bits per heavy atom. The van der Waals surface area contributed by atoms with Crippen molar-refractivity contribution in [3.05, 3.63) is 77.3 Å². The van der Waals surface area contributed by atoms with Crippen LogP contribution in [0.4, 0.5) is 5.69 Å². The third-order valence-electron chi connectivity index (χ3n) is 3.24. The Kier molecular flexibility index (Phi) is 4.28. The lowest BCUT2D eigenvalue weighted by Crippen LogP contribution is -2.08. The summed E-state index contributed by atoms with van der Waals surface area (Å²) in [4.78, 5) is 2.09. The van der Waals surface area contributed by atoms with Gasteiger partial charge in [0.1, 0.15) is 0 Å².